The maximum atomic E-state index is 4.95. The van der Waals surface area contributed by atoms with Crippen molar-refractivity contribution in [3.8, 4) is 0 Å². The lowest BCUT2D eigenvalue weighted by Crippen LogP contribution is -2.51. The second-order valence-corrected chi connectivity index (χ2v) is 6.80. The molecule has 0 amide bonds. The number of allylic oxidation sites excluding steroid dienone is 1. The van der Waals surface area contributed by atoms with Gasteiger partial charge in [-0.05, 0) is 62.6 Å². The predicted octanol–water partition coefficient (Wildman–Crippen LogP) is 4.89. The molecule has 0 saturated heterocycles. The molecule has 18 heavy (non-hydrogen) atoms. The van der Waals surface area contributed by atoms with Crippen molar-refractivity contribution in [1.29, 1.82) is 0 Å². The number of fused-ring (bicyclic) bond motifs is 1. The molecular formula is C16H25NS. The Labute approximate surface area is 117 Å². The summed E-state index contributed by atoms with van der Waals surface area (Å²) in [4.78, 5) is 4.71. The van der Waals surface area contributed by atoms with Crippen LogP contribution < -0.4 is 0 Å². The smallest absolute Gasteiger partial charge is 0.0804 e. The third-order valence-corrected chi connectivity index (χ3v) is 5.41. The average Bonchev–Trinajstić information content (AvgIpc) is 2.31. The highest BCUT2D eigenvalue weighted by Crippen LogP contribution is 2.52. The summed E-state index contributed by atoms with van der Waals surface area (Å²) in [5.41, 5.74) is 1.59. The highest BCUT2D eigenvalue weighted by molar-refractivity contribution is 7.78. The third-order valence-electron chi connectivity index (χ3n) is 5.32. The van der Waals surface area contributed by atoms with E-state index in [0.717, 1.165) is 18.3 Å². The summed E-state index contributed by atoms with van der Waals surface area (Å²) in [6.07, 6.45) is 7.45. The normalized spacial score (nSPS) is 39.8. The molecule has 0 spiro atoms. The average molecular weight is 263 g/mol. The molecule has 0 heterocycles. The topological polar surface area (TPSA) is 12.4 Å². The summed E-state index contributed by atoms with van der Waals surface area (Å²) < 4.78 is 0. The summed E-state index contributed by atoms with van der Waals surface area (Å²) in [5, 5.41) is 2.71. The molecule has 0 aromatic heterocycles. The first-order valence-electron chi connectivity index (χ1n) is 7.27. The lowest BCUT2D eigenvalue weighted by Gasteiger charge is -2.51. The van der Waals surface area contributed by atoms with Crippen LogP contribution >= 0.6 is 12.2 Å². The van der Waals surface area contributed by atoms with Crippen molar-refractivity contribution >= 4 is 17.4 Å². The number of rotatable bonds is 2. The van der Waals surface area contributed by atoms with Crippen molar-refractivity contribution < 1.29 is 0 Å². The van der Waals surface area contributed by atoms with Crippen LogP contribution in [0.3, 0.4) is 0 Å². The summed E-state index contributed by atoms with van der Waals surface area (Å²) in [5.74, 6) is 2.69. The van der Waals surface area contributed by atoms with Crippen LogP contribution in [0.4, 0.5) is 0 Å². The fourth-order valence-corrected chi connectivity index (χ4v) is 4.28. The molecule has 2 aliphatic carbocycles. The van der Waals surface area contributed by atoms with E-state index in [2.05, 4.69) is 38.9 Å². The van der Waals surface area contributed by atoms with Crippen molar-refractivity contribution in [3.63, 3.8) is 0 Å². The molecule has 2 heteroatoms. The Bertz CT molecular complexity index is 392. The molecule has 0 radical (unpaired) electrons. The second kappa shape index (κ2) is 5.27. The highest BCUT2D eigenvalue weighted by atomic mass is 32.1. The first-order chi connectivity index (χ1) is 8.51. The Kier molecular flexibility index (Phi) is 4.08. The Morgan fingerprint density at radius 3 is 2.78 bits per heavy atom. The van der Waals surface area contributed by atoms with Gasteiger partial charge in [-0.1, -0.05) is 32.4 Å². The predicted molar refractivity (Wildman–Crippen MR) is 81.0 cm³/mol. The van der Waals surface area contributed by atoms with Crippen molar-refractivity contribution in [3.05, 3.63) is 11.6 Å². The van der Waals surface area contributed by atoms with E-state index in [-0.39, 0.29) is 5.54 Å². The molecule has 1 nitrogen and oxygen atoms in total. The number of aliphatic imine (C=N–C) groups is 1. The molecule has 1 saturated carbocycles. The molecule has 0 bridgehead atoms. The van der Waals surface area contributed by atoms with E-state index in [4.69, 9.17) is 17.2 Å². The van der Waals surface area contributed by atoms with Crippen LogP contribution in [-0.2, 0) is 0 Å². The van der Waals surface area contributed by atoms with Crippen molar-refractivity contribution in [2.75, 3.05) is 0 Å². The zero-order valence-electron chi connectivity index (χ0n) is 12.1. The maximum absolute atomic E-state index is 4.95. The van der Waals surface area contributed by atoms with E-state index in [0.29, 0.717) is 11.8 Å². The molecule has 1 fully saturated rings. The van der Waals surface area contributed by atoms with Gasteiger partial charge in [0.1, 0.15) is 0 Å². The first kappa shape index (κ1) is 14.0. The van der Waals surface area contributed by atoms with Gasteiger partial charge < -0.3 is 0 Å². The summed E-state index contributed by atoms with van der Waals surface area (Å²) in [6, 6.07) is 0. The molecule has 2 rings (SSSR count). The van der Waals surface area contributed by atoms with Crippen LogP contribution in [0.1, 0.15) is 53.4 Å². The highest BCUT2D eigenvalue weighted by Gasteiger charge is 2.50. The van der Waals surface area contributed by atoms with Gasteiger partial charge in [0.15, 0.2) is 0 Å². The molecule has 100 valence electrons. The van der Waals surface area contributed by atoms with Gasteiger partial charge >= 0.3 is 0 Å². The van der Waals surface area contributed by atoms with Gasteiger partial charge in [-0.3, -0.25) is 0 Å². The van der Waals surface area contributed by atoms with Gasteiger partial charge in [-0.25, -0.2) is 4.99 Å². The third kappa shape index (κ3) is 2.21. The van der Waals surface area contributed by atoms with E-state index in [1.807, 2.05) is 0 Å². The molecule has 0 aromatic rings. The number of thiocarbonyl (C=S) groups is 1. The fourth-order valence-electron chi connectivity index (χ4n) is 4.11. The van der Waals surface area contributed by atoms with Gasteiger partial charge in [0.05, 0.1) is 10.7 Å². The monoisotopic (exact) mass is 263 g/mol. The SMILES string of the molecule is CC1=C[C@H]2[C@H](C(C)C)CC[C@@H](C)[C@]2(N=C=S)CC1. The van der Waals surface area contributed by atoms with Gasteiger partial charge in [0.2, 0.25) is 0 Å². The number of nitrogens with zero attached hydrogens (tertiary/aromatic N) is 1. The van der Waals surface area contributed by atoms with Gasteiger partial charge in [-0.2, -0.15) is 0 Å². The van der Waals surface area contributed by atoms with Gasteiger partial charge in [0, 0.05) is 5.92 Å². The molecule has 0 aliphatic heterocycles. The van der Waals surface area contributed by atoms with Crippen LogP contribution in [0.25, 0.3) is 0 Å². The standard InChI is InChI=1S/C16H25NS/c1-11(2)14-6-5-13(4)16(17-10-18)8-7-12(3)9-15(14)16/h9,11,13-15H,5-8H2,1-4H3/t13-,14+,15+,16-/m1/s1. The quantitative estimate of drug-likeness (QED) is 0.393. The lowest BCUT2D eigenvalue weighted by molar-refractivity contribution is 0.0607. The fraction of sp³-hybridized carbons (Fsp3) is 0.812. The minimum absolute atomic E-state index is 0.0500. The lowest BCUT2D eigenvalue weighted by atomic mass is 9.56. The number of isothiocyanates is 1. The van der Waals surface area contributed by atoms with E-state index in [9.17, 15) is 0 Å². The molecule has 2 aliphatic rings. The van der Waals surface area contributed by atoms with Crippen molar-refractivity contribution in [1.82, 2.24) is 0 Å². The largest absolute Gasteiger partial charge is 0.225 e. The van der Waals surface area contributed by atoms with E-state index in [1.165, 1.54) is 24.8 Å². The van der Waals surface area contributed by atoms with Gasteiger partial charge in [0.25, 0.3) is 0 Å². The Hall–Kier alpha value is -0.460. The maximum Gasteiger partial charge on any atom is 0.0804 e. The van der Waals surface area contributed by atoms with E-state index in [1.54, 1.807) is 0 Å². The van der Waals surface area contributed by atoms with Crippen molar-refractivity contribution in [2.45, 2.75) is 58.9 Å². The van der Waals surface area contributed by atoms with Crippen LogP contribution in [0.15, 0.2) is 16.6 Å². The first-order valence-corrected chi connectivity index (χ1v) is 7.68. The summed E-state index contributed by atoms with van der Waals surface area (Å²) in [7, 11) is 0. The Balaban J connectivity index is 2.46. The van der Waals surface area contributed by atoms with Gasteiger partial charge in [-0.15, -0.1) is 0 Å². The van der Waals surface area contributed by atoms with E-state index >= 15 is 0 Å². The zero-order valence-corrected chi connectivity index (χ0v) is 12.9. The van der Waals surface area contributed by atoms with Crippen LogP contribution in [0.2, 0.25) is 0 Å². The summed E-state index contributed by atoms with van der Waals surface area (Å²) in [6.45, 7) is 9.32. The number of hydrogen-bond acceptors (Lipinski definition) is 2. The molecular weight excluding hydrogens is 238 g/mol. The second-order valence-electron chi connectivity index (χ2n) is 6.62. The van der Waals surface area contributed by atoms with Crippen molar-refractivity contribution in [2.24, 2.45) is 28.7 Å². The minimum Gasteiger partial charge on any atom is -0.225 e. The van der Waals surface area contributed by atoms with Crippen LogP contribution in [0, 0.1) is 23.7 Å². The molecule has 0 aromatic carbocycles. The van der Waals surface area contributed by atoms with Crippen LogP contribution in [0.5, 0.6) is 0 Å². The molecule has 0 N–H and O–H groups in total. The summed E-state index contributed by atoms with van der Waals surface area (Å²) >= 11 is 4.95. The number of hydrogen-bond donors (Lipinski definition) is 0. The molecule has 4 atom stereocenters. The Morgan fingerprint density at radius 2 is 2.17 bits per heavy atom. The zero-order chi connectivity index (χ0) is 13.3. The van der Waals surface area contributed by atoms with Crippen LogP contribution in [-0.4, -0.2) is 10.7 Å². The molecule has 0 unspecified atom stereocenters. The minimum atomic E-state index is 0.0500. The Morgan fingerprint density at radius 1 is 1.44 bits per heavy atom. The van der Waals surface area contributed by atoms with E-state index < -0.39 is 0 Å².